The van der Waals surface area contributed by atoms with Crippen LogP contribution < -0.4 is 10.1 Å². The van der Waals surface area contributed by atoms with Gasteiger partial charge in [-0.2, -0.15) is 0 Å². The van der Waals surface area contributed by atoms with Crippen LogP contribution in [0.15, 0.2) is 29.7 Å². The first-order valence-corrected chi connectivity index (χ1v) is 8.34. The Labute approximate surface area is 133 Å². The Morgan fingerprint density at radius 2 is 2.23 bits per heavy atom. The molecule has 0 radical (unpaired) electrons. The van der Waals surface area contributed by atoms with E-state index in [1.165, 1.54) is 0 Å². The van der Waals surface area contributed by atoms with Gasteiger partial charge in [-0.1, -0.05) is 11.8 Å². The maximum absolute atomic E-state index is 11.3. The van der Waals surface area contributed by atoms with Crippen LogP contribution in [0.2, 0.25) is 0 Å². The van der Waals surface area contributed by atoms with Crippen LogP contribution >= 0.6 is 11.8 Å². The van der Waals surface area contributed by atoms with Crippen LogP contribution in [0, 0.1) is 0 Å². The fraction of sp³-hybridized carbons (Fsp3) is 0.400. The Balaban J connectivity index is 1.38. The first kappa shape index (κ1) is 14.9. The fourth-order valence-corrected chi connectivity index (χ4v) is 3.05. The van der Waals surface area contributed by atoms with Crippen molar-refractivity contribution in [3.63, 3.8) is 0 Å². The molecule has 1 aliphatic heterocycles. The molecule has 116 valence electrons. The van der Waals surface area contributed by atoms with Crippen LogP contribution in [-0.2, 0) is 11.2 Å². The van der Waals surface area contributed by atoms with E-state index in [0.717, 1.165) is 47.2 Å². The Hall–Kier alpha value is -2.02. The number of amides is 1. The number of carbonyl (C=O) groups is 1. The lowest BCUT2D eigenvalue weighted by molar-refractivity contribution is -0.116. The van der Waals surface area contributed by atoms with Crippen molar-refractivity contribution in [1.82, 2.24) is 15.2 Å². The summed E-state index contributed by atoms with van der Waals surface area (Å²) < 4.78 is 5.78. The smallest absolute Gasteiger partial charge is 0.224 e. The molecule has 1 aliphatic rings. The SMILES string of the molecule is O=C1CCc2cc(OCCCCSc3nc[nH]n3)ccc2N1. The first-order valence-electron chi connectivity index (χ1n) is 7.35. The lowest BCUT2D eigenvalue weighted by Crippen LogP contribution is -2.18. The van der Waals surface area contributed by atoms with Crippen LogP contribution in [0.5, 0.6) is 5.75 Å². The number of hydrogen-bond donors (Lipinski definition) is 2. The second kappa shape index (κ2) is 7.31. The number of hydrogen-bond acceptors (Lipinski definition) is 5. The lowest BCUT2D eigenvalue weighted by atomic mass is 10.0. The van der Waals surface area contributed by atoms with E-state index in [1.807, 2.05) is 18.2 Å². The zero-order chi connectivity index (χ0) is 15.2. The highest BCUT2D eigenvalue weighted by Crippen LogP contribution is 2.26. The number of H-pyrrole nitrogens is 1. The van der Waals surface area contributed by atoms with Crippen molar-refractivity contribution in [2.24, 2.45) is 0 Å². The third-order valence-electron chi connectivity index (χ3n) is 3.40. The summed E-state index contributed by atoms with van der Waals surface area (Å²) in [5.41, 5.74) is 2.06. The summed E-state index contributed by atoms with van der Waals surface area (Å²) in [6.45, 7) is 0.694. The molecule has 22 heavy (non-hydrogen) atoms. The quantitative estimate of drug-likeness (QED) is 0.606. The normalized spacial score (nSPS) is 13.5. The van der Waals surface area contributed by atoms with Crippen molar-refractivity contribution in [3.8, 4) is 5.75 Å². The van der Waals surface area contributed by atoms with Crippen LogP contribution in [0.25, 0.3) is 0 Å². The summed E-state index contributed by atoms with van der Waals surface area (Å²) in [6, 6.07) is 5.85. The average molecular weight is 318 g/mol. The number of rotatable bonds is 7. The highest BCUT2D eigenvalue weighted by atomic mass is 32.2. The molecular formula is C15H18N4O2S. The minimum absolute atomic E-state index is 0.0880. The molecule has 1 amide bonds. The van der Waals surface area contributed by atoms with Gasteiger partial charge in [0.2, 0.25) is 11.1 Å². The molecule has 2 N–H and O–H groups in total. The largest absolute Gasteiger partial charge is 0.494 e. The molecule has 0 bridgehead atoms. The number of aryl methyl sites for hydroxylation is 1. The Morgan fingerprint density at radius 3 is 3.09 bits per heavy atom. The van der Waals surface area contributed by atoms with Crippen molar-refractivity contribution in [2.75, 3.05) is 17.7 Å². The first-order chi connectivity index (χ1) is 10.8. The minimum Gasteiger partial charge on any atom is -0.494 e. The topological polar surface area (TPSA) is 79.9 Å². The highest BCUT2D eigenvalue weighted by Gasteiger charge is 2.14. The number of anilines is 1. The van der Waals surface area contributed by atoms with E-state index in [0.29, 0.717) is 13.0 Å². The minimum atomic E-state index is 0.0880. The number of carbonyl (C=O) groups excluding carboxylic acids is 1. The second-order valence-corrected chi connectivity index (χ2v) is 6.11. The van der Waals surface area contributed by atoms with Crippen LogP contribution in [0.4, 0.5) is 5.69 Å². The maximum atomic E-state index is 11.3. The summed E-state index contributed by atoms with van der Waals surface area (Å²) in [7, 11) is 0. The van der Waals surface area contributed by atoms with Gasteiger partial charge in [-0.05, 0) is 43.0 Å². The molecule has 0 unspecified atom stereocenters. The van der Waals surface area contributed by atoms with Gasteiger partial charge in [0.05, 0.1) is 6.61 Å². The lowest BCUT2D eigenvalue weighted by Gasteiger charge is -2.17. The third kappa shape index (κ3) is 4.00. The molecule has 1 aromatic carbocycles. The van der Waals surface area contributed by atoms with Gasteiger partial charge in [-0.15, -0.1) is 5.10 Å². The van der Waals surface area contributed by atoms with E-state index in [4.69, 9.17) is 4.74 Å². The predicted octanol–water partition coefficient (Wildman–Crippen LogP) is 2.64. The molecule has 3 rings (SSSR count). The molecule has 0 saturated heterocycles. The molecule has 6 nitrogen and oxygen atoms in total. The number of aromatic nitrogens is 3. The standard InChI is InChI=1S/C15H18N4O2S/c20-14-6-3-11-9-12(4-5-13(11)18-14)21-7-1-2-8-22-15-16-10-17-19-15/h4-5,9-10H,1-3,6-8H2,(H,18,20)(H,16,17,19). The number of unbranched alkanes of at least 4 members (excludes halogenated alkanes) is 1. The Bertz CT molecular complexity index is 630. The second-order valence-electron chi connectivity index (χ2n) is 5.05. The molecule has 1 aromatic heterocycles. The summed E-state index contributed by atoms with van der Waals surface area (Å²) >= 11 is 1.64. The highest BCUT2D eigenvalue weighted by molar-refractivity contribution is 7.99. The summed E-state index contributed by atoms with van der Waals surface area (Å²) in [5, 5.41) is 10.4. The van der Waals surface area contributed by atoms with Gasteiger partial charge in [0.25, 0.3) is 0 Å². The molecule has 2 aromatic rings. The number of ether oxygens (including phenoxy) is 1. The molecule has 7 heteroatoms. The van der Waals surface area contributed by atoms with Crippen molar-refractivity contribution < 1.29 is 9.53 Å². The number of thioether (sulfide) groups is 1. The van der Waals surface area contributed by atoms with Crippen molar-refractivity contribution >= 4 is 23.4 Å². The molecule has 0 spiro atoms. The van der Waals surface area contributed by atoms with E-state index < -0.39 is 0 Å². The molecular weight excluding hydrogens is 300 g/mol. The van der Waals surface area contributed by atoms with Gasteiger partial charge < -0.3 is 10.1 Å². The van der Waals surface area contributed by atoms with Crippen molar-refractivity contribution in [2.45, 2.75) is 30.8 Å². The van der Waals surface area contributed by atoms with Gasteiger partial charge >= 0.3 is 0 Å². The zero-order valence-corrected chi connectivity index (χ0v) is 13.0. The van der Waals surface area contributed by atoms with Gasteiger partial charge in [0, 0.05) is 17.9 Å². The third-order valence-corrected chi connectivity index (χ3v) is 4.35. The van der Waals surface area contributed by atoms with Gasteiger partial charge in [0.15, 0.2) is 0 Å². The fourth-order valence-electron chi connectivity index (χ4n) is 2.27. The van der Waals surface area contributed by atoms with Crippen LogP contribution in [0.3, 0.4) is 0 Å². The molecule has 0 atom stereocenters. The monoisotopic (exact) mass is 318 g/mol. The molecule has 0 saturated carbocycles. The number of aromatic amines is 1. The number of fused-ring (bicyclic) bond motifs is 1. The molecule has 0 aliphatic carbocycles. The van der Waals surface area contributed by atoms with E-state index >= 15 is 0 Å². The van der Waals surface area contributed by atoms with Crippen molar-refractivity contribution in [1.29, 1.82) is 0 Å². The maximum Gasteiger partial charge on any atom is 0.224 e. The predicted molar refractivity (Wildman–Crippen MR) is 85.2 cm³/mol. The summed E-state index contributed by atoms with van der Waals surface area (Å²) in [5.74, 6) is 1.94. The number of nitrogens with one attached hydrogen (secondary N) is 2. The van der Waals surface area contributed by atoms with Gasteiger partial charge in [-0.25, -0.2) is 4.98 Å². The Morgan fingerprint density at radius 1 is 1.27 bits per heavy atom. The van der Waals surface area contributed by atoms with Crippen LogP contribution in [-0.4, -0.2) is 33.4 Å². The number of benzene rings is 1. The number of nitrogens with zero attached hydrogens (tertiary/aromatic N) is 2. The van der Waals surface area contributed by atoms with E-state index in [9.17, 15) is 4.79 Å². The van der Waals surface area contributed by atoms with E-state index in [1.54, 1.807) is 18.1 Å². The van der Waals surface area contributed by atoms with Crippen molar-refractivity contribution in [3.05, 3.63) is 30.1 Å². The van der Waals surface area contributed by atoms with Crippen LogP contribution in [0.1, 0.15) is 24.8 Å². The van der Waals surface area contributed by atoms with E-state index in [2.05, 4.69) is 20.5 Å². The summed E-state index contributed by atoms with van der Waals surface area (Å²) in [6.07, 6.45) is 4.97. The Kier molecular flexibility index (Phi) is 4.95. The average Bonchev–Trinajstić information content (AvgIpc) is 3.04. The van der Waals surface area contributed by atoms with Gasteiger partial charge in [0.1, 0.15) is 12.1 Å². The molecule has 2 heterocycles. The summed E-state index contributed by atoms with van der Waals surface area (Å²) in [4.78, 5) is 15.4. The molecule has 0 fully saturated rings. The van der Waals surface area contributed by atoms with E-state index in [-0.39, 0.29) is 5.91 Å². The van der Waals surface area contributed by atoms with Gasteiger partial charge in [-0.3, -0.25) is 9.89 Å². The zero-order valence-electron chi connectivity index (χ0n) is 12.2.